The third-order valence-corrected chi connectivity index (χ3v) is 15.6. The number of amides is 3. The van der Waals surface area contributed by atoms with E-state index in [1.807, 2.05) is 43.6 Å². The van der Waals surface area contributed by atoms with E-state index in [0.717, 1.165) is 36.1 Å². The zero-order chi connectivity index (χ0) is 39.6. The third-order valence-electron chi connectivity index (χ3n) is 12.5. The van der Waals surface area contributed by atoms with Crippen LogP contribution < -0.4 is 30.2 Å². The number of carbonyl (C=O) groups is 3. The molecule has 6 N–H and O–H groups in total. The maximum Gasteiger partial charge on any atom is 0.315 e. The number of nitrogens with one attached hydrogen (secondary N) is 3. The van der Waals surface area contributed by atoms with Crippen LogP contribution in [0.5, 0.6) is 28.7 Å². The molecule has 2 aromatic carbocycles. The van der Waals surface area contributed by atoms with Crippen molar-refractivity contribution in [3.8, 4) is 28.7 Å². The number of aryl methyl sites for hydroxylation is 1. The van der Waals surface area contributed by atoms with Crippen LogP contribution in [0.2, 0.25) is 0 Å². The molecule has 0 saturated carbocycles. The number of thioether (sulfide) groups is 2. The Morgan fingerprint density at radius 2 is 1.95 bits per heavy atom. The summed E-state index contributed by atoms with van der Waals surface area (Å²) in [6.45, 7) is 5.80. The minimum absolute atomic E-state index is 0.0231. The van der Waals surface area contributed by atoms with E-state index >= 15 is 0 Å². The predicted molar refractivity (Wildman–Crippen MR) is 210 cm³/mol. The average Bonchev–Trinajstić information content (AvgIpc) is 3.89. The summed E-state index contributed by atoms with van der Waals surface area (Å²) in [5, 5.41) is 45.3. The van der Waals surface area contributed by atoms with E-state index in [9.17, 15) is 29.7 Å². The van der Waals surface area contributed by atoms with Gasteiger partial charge in [0.05, 0.1) is 42.6 Å². The van der Waals surface area contributed by atoms with Crippen LogP contribution in [-0.4, -0.2) is 124 Å². The van der Waals surface area contributed by atoms with E-state index in [1.54, 1.807) is 18.7 Å². The van der Waals surface area contributed by atoms with Gasteiger partial charge in [-0.3, -0.25) is 19.4 Å². The Morgan fingerprint density at radius 1 is 1.16 bits per heavy atom. The first kappa shape index (κ1) is 39.1. The molecule has 0 aliphatic carbocycles. The number of nitrogens with zero attached hydrogens (tertiary/aromatic N) is 2. The maximum atomic E-state index is 13.2. The molecule has 2 bridgehead atoms. The van der Waals surface area contributed by atoms with Gasteiger partial charge in [-0.25, -0.2) is 4.79 Å². The second kappa shape index (κ2) is 15.5. The van der Waals surface area contributed by atoms with E-state index in [4.69, 9.17) is 18.9 Å². The van der Waals surface area contributed by atoms with Gasteiger partial charge in [0.2, 0.25) is 12.7 Å². The number of likely N-dealkylation sites (N-methyl/N-ethyl adjacent to an activating group) is 1. The van der Waals surface area contributed by atoms with E-state index in [2.05, 4.69) is 20.9 Å². The number of rotatable bonds is 13. The summed E-state index contributed by atoms with van der Waals surface area (Å²) in [5.74, 6) is 2.60. The lowest BCUT2D eigenvalue weighted by Crippen LogP contribution is -2.69. The SMILES string of the molecule is COc1c(C)cc2c(c1O)[C@H]1C3[C@H](SC[C@@H](C)NC(=O)CCCC[C@@H]4SCC5NC(=O)NC54)c4c(O)c(C)c5c(c4[C@H](COC=O)N3[C@@H](O)[C@H](C2)N1C)OCO5. The van der Waals surface area contributed by atoms with E-state index in [-0.39, 0.29) is 61.0 Å². The van der Waals surface area contributed by atoms with Crippen LogP contribution in [0.1, 0.15) is 83.3 Å². The fourth-order valence-corrected chi connectivity index (χ4v) is 13.0. The van der Waals surface area contributed by atoms with Crippen LogP contribution in [0.4, 0.5) is 4.79 Å². The number of ether oxygens (including phenoxy) is 4. The summed E-state index contributed by atoms with van der Waals surface area (Å²) >= 11 is 3.42. The Balaban J connectivity index is 1.09. The molecule has 8 rings (SSSR count). The lowest BCUT2D eigenvalue weighted by atomic mass is 9.73. The molecule has 304 valence electrons. The molecule has 10 atom stereocenters. The van der Waals surface area contributed by atoms with E-state index in [1.165, 1.54) is 7.11 Å². The van der Waals surface area contributed by atoms with Gasteiger partial charge in [0.1, 0.15) is 18.6 Å². The van der Waals surface area contributed by atoms with Crippen LogP contribution >= 0.6 is 23.5 Å². The molecular weight excluding hydrogens is 763 g/mol. The van der Waals surface area contributed by atoms with Crippen molar-refractivity contribution >= 4 is 41.9 Å². The Hall–Kier alpha value is -3.77. The number of aromatic hydroxyl groups is 2. The smallest absolute Gasteiger partial charge is 0.315 e. The number of phenols is 2. The highest BCUT2D eigenvalue weighted by molar-refractivity contribution is 8.00. The van der Waals surface area contributed by atoms with Gasteiger partial charge in [0.25, 0.3) is 6.47 Å². The molecule has 3 fully saturated rings. The highest BCUT2D eigenvalue weighted by Gasteiger charge is 2.59. The molecule has 0 radical (unpaired) electrons. The predicted octanol–water partition coefficient (Wildman–Crippen LogP) is 3.28. The fourth-order valence-electron chi connectivity index (χ4n) is 10.0. The molecule has 6 aliphatic heterocycles. The van der Waals surface area contributed by atoms with Gasteiger partial charge >= 0.3 is 6.03 Å². The first-order valence-electron chi connectivity index (χ1n) is 19.3. The summed E-state index contributed by atoms with van der Waals surface area (Å²) in [6.07, 6.45) is 2.34. The summed E-state index contributed by atoms with van der Waals surface area (Å²) in [4.78, 5) is 40.8. The number of methoxy groups -OCH3 is 1. The number of urea groups is 1. The van der Waals surface area contributed by atoms with Crippen molar-refractivity contribution in [2.75, 3.05) is 39.1 Å². The molecule has 2 aromatic rings. The minimum Gasteiger partial charge on any atom is -0.507 e. The van der Waals surface area contributed by atoms with Gasteiger partial charge in [-0.1, -0.05) is 12.5 Å². The molecule has 0 spiro atoms. The quantitative estimate of drug-likeness (QED) is 0.0982. The number of fused-ring (bicyclic) bond motifs is 10. The van der Waals surface area contributed by atoms with Crippen molar-refractivity contribution in [2.24, 2.45) is 0 Å². The van der Waals surface area contributed by atoms with Gasteiger partial charge < -0.3 is 50.2 Å². The van der Waals surface area contributed by atoms with Crippen molar-refractivity contribution in [2.45, 2.75) is 112 Å². The van der Waals surface area contributed by atoms with E-state index in [0.29, 0.717) is 69.8 Å². The van der Waals surface area contributed by atoms with Gasteiger partial charge in [-0.05, 0) is 58.2 Å². The Bertz CT molecular complexity index is 1900. The van der Waals surface area contributed by atoms with Gasteiger partial charge in [0.15, 0.2) is 23.0 Å². The monoisotopic (exact) mass is 813 g/mol. The molecule has 15 nitrogen and oxygen atoms in total. The second-order valence-corrected chi connectivity index (χ2v) is 18.2. The number of unbranched alkanes of at least 4 members (excludes halogenated alkanes) is 1. The standard InChI is InChI=1S/C39H51N5O10S2/c1-17-10-20-11-22-38(49)44-23(12-52-15-45)27-28(32(47)19(3)35-36(27)54-16-53-35)37(31(44)30(43(22)4)26(20)33(48)34(17)51-5)56-13-18(2)40-25(46)9-7-6-8-24-29-21(14-55-24)41-39(50)42-29/h10,15,18,21-24,29-31,37-38,47-49H,6-9,11-14,16H2,1-5H3,(H,40,46)(H2,41,42,50)/t18-,21?,22+,23+,24+,29?,30+,31?,37-,38+/m1/s1. The zero-order valence-corrected chi connectivity index (χ0v) is 33.8. The van der Waals surface area contributed by atoms with Gasteiger partial charge in [-0.2, -0.15) is 11.8 Å². The number of hydrogen-bond acceptors (Lipinski definition) is 14. The maximum absolute atomic E-state index is 13.2. The summed E-state index contributed by atoms with van der Waals surface area (Å²) < 4.78 is 23.1. The highest BCUT2D eigenvalue weighted by Crippen LogP contribution is 2.63. The van der Waals surface area contributed by atoms with Gasteiger partial charge in [-0.15, -0.1) is 11.8 Å². The van der Waals surface area contributed by atoms with Crippen LogP contribution in [-0.2, 0) is 20.7 Å². The second-order valence-electron chi connectivity index (χ2n) is 15.8. The highest BCUT2D eigenvalue weighted by atomic mass is 32.2. The number of benzene rings is 2. The Kier molecular flexibility index (Phi) is 10.8. The summed E-state index contributed by atoms with van der Waals surface area (Å²) in [7, 11) is 3.47. The molecule has 3 amide bonds. The molecule has 3 saturated heterocycles. The molecule has 3 unspecified atom stereocenters. The Morgan fingerprint density at radius 3 is 2.71 bits per heavy atom. The molecule has 17 heteroatoms. The largest absolute Gasteiger partial charge is 0.507 e. The molecule has 6 aliphatic rings. The average molecular weight is 814 g/mol. The number of hydrogen-bond donors (Lipinski definition) is 6. The summed E-state index contributed by atoms with van der Waals surface area (Å²) in [5.41, 5.74) is 4.06. The van der Waals surface area contributed by atoms with Crippen molar-refractivity contribution in [1.29, 1.82) is 0 Å². The molecule has 56 heavy (non-hydrogen) atoms. The number of carbonyl (C=O) groups excluding carboxylic acids is 3. The summed E-state index contributed by atoms with van der Waals surface area (Å²) in [6, 6.07) is -0.180. The first-order valence-corrected chi connectivity index (χ1v) is 21.4. The van der Waals surface area contributed by atoms with Crippen molar-refractivity contribution < 1.29 is 48.7 Å². The number of aliphatic hydroxyl groups is 1. The van der Waals surface area contributed by atoms with Crippen molar-refractivity contribution in [3.63, 3.8) is 0 Å². The lowest BCUT2D eigenvalue weighted by Gasteiger charge is -2.61. The number of phenolic OH excluding ortho intramolecular Hbond substituents is 2. The molecule has 0 aromatic heterocycles. The normalized spacial score (nSPS) is 30.3. The van der Waals surface area contributed by atoms with E-state index < -0.39 is 29.6 Å². The molecular formula is C39H51N5O10S2. The van der Waals surface area contributed by atoms with Gasteiger partial charge in [0, 0.05) is 57.5 Å². The fraction of sp³-hybridized carbons (Fsp3) is 0.615. The Labute approximate surface area is 334 Å². The van der Waals surface area contributed by atoms with Crippen LogP contribution in [0.15, 0.2) is 6.07 Å². The number of aliphatic hydroxyl groups excluding tert-OH is 1. The molecule has 6 heterocycles. The number of piperazine rings is 1. The topological polar surface area (TPSA) is 191 Å². The third kappa shape index (κ3) is 6.46. The first-order chi connectivity index (χ1) is 26.9. The lowest BCUT2D eigenvalue weighted by molar-refractivity contribution is -0.181. The van der Waals surface area contributed by atoms with Crippen molar-refractivity contribution in [1.82, 2.24) is 25.8 Å². The van der Waals surface area contributed by atoms with Crippen LogP contribution in [0.25, 0.3) is 0 Å². The zero-order valence-electron chi connectivity index (χ0n) is 32.2. The van der Waals surface area contributed by atoms with Crippen LogP contribution in [0, 0.1) is 13.8 Å². The van der Waals surface area contributed by atoms with Crippen LogP contribution in [0.3, 0.4) is 0 Å². The van der Waals surface area contributed by atoms with Crippen molar-refractivity contribution in [3.05, 3.63) is 39.4 Å². The minimum atomic E-state index is -1.04.